The van der Waals surface area contributed by atoms with Crippen molar-refractivity contribution in [2.24, 2.45) is 0 Å². The van der Waals surface area contributed by atoms with Gasteiger partial charge in [-0.25, -0.2) is 0 Å². The molecule has 0 amide bonds. The Morgan fingerprint density at radius 2 is 2.11 bits per heavy atom. The number of rotatable bonds is 5. The van der Waals surface area contributed by atoms with Crippen LogP contribution in [0.4, 0.5) is 6.01 Å². The van der Waals surface area contributed by atoms with E-state index in [9.17, 15) is 0 Å². The largest absolute Gasteiger partial charge is 0.407 e. The van der Waals surface area contributed by atoms with Crippen LogP contribution in [0.15, 0.2) is 4.42 Å². The Hall–Kier alpha value is -1.10. The van der Waals surface area contributed by atoms with E-state index >= 15 is 0 Å². The molecule has 0 spiro atoms. The highest BCUT2D eigenvalue weighted by molar-refractivity contribution is 5.22. The summed E-state index contributed by atoms with van der Waals surface area (Å²) >= 11 is 0. The summed E-state index contributed by atoms with van der Waals surface area (Å²) in [7, 11) is 2.00. The molecule has 5 heteroatoms. The molecule has 0 N–H and O–H groups in total. The van der Waals surface area contributed by atoms with Crippen molar-refractivity contribution in [3.8, 4) is 0 Å². The number of hydrogen-bond donors (Lipinski definition) is 0. The predicted molar refractivity (Wildman–Crippen MR) is 74.5 cm³/mol. The van der Waals surface area contributed by atoms with Crippen LogP contribution < -0.4 is 4.90 Å². The van der Waals surface area contributed by atoms with E-state index < -0.39 is 0 Å². The maximum atomic E-state index is 5.70. The van der Waals surface area contributed by atoms with Crippen LogP contribution in [0, 0.1) is 0 Å². The van der Waals surface area contributed by atoms with E-state index in [2.05, 4.69) is 31.0 Å². The van der Waals surface area contributed by atoms with Crippen LogP contribution in [-0.2, 0) is 10.2 Å². The van der Waals surface area contributed by atoms with E-state index in [4.69, 9.17) is 9.15 Å². The predicted octanol–water partition coefficient (Wildman–Crippen LogP) is 2.76. The summed E-state index contributed by atoms with van der Waals surface area (Å²) in [6, 6.07) is 0.609. The quantitative estimate of drug-likeness (QED) is 0.821. The second kappa shape index (κ2) is 5.90. The maximum absolute atomic E-state index is 5.70. The molecule has 1 atom stereocenters. The van der Waals surface area contributed by atoms with Gasteiger partial charge in [0.05, 0.1) is 6.10 Å². The standard InChI is InChI=1S/C14H25N3O2/c1-14(2,3)12-15-16-13(19-12)17(4)9-5-7-11-8-6-10-18-11/h11H,5-10H2,1-4H3/t11-/m0/s1. The molecule has 19 heavy (non-hydrogen) atoms. The van der Waals surface area contributed by atoms with Gasteiger partial charge in [-0.3, -0.25) is 0 Å². The van der Waals surface area contributed by atoms with Crippen LogP contribution in [-0.4, -0.2) is 36.5 Å². The van der Waals surface area contributed by atoms with Crippen molar-refractivity contribution in [1.82, 2.24) is 10.2 Å². The third-order valence-corrected chi connectivity index (χ3v) is 3.43. The molecule has 0 aliphatic carbocycles. The minimum Gasteiger partial charge on any atom is -0.407 e. The summed E-state index contributed by atoms with van der Waals surface area (Å²) in [4.78, 5) is 2.02. The fourth-order valence-corrected chi connectivity index (χ4v) is 2.20. The third kappa shape index (κ3) is 3.93. The zero-order valence-corrected chi connectivity index (χ0v) is 12.5. The van der Waals surface area contributed by atoms with Gasteiger partial charge in [0.15, 0.2) is 0 Å². The van der Waals surface area contributed by atoms with Crippen molar-refractivity contribution in [3.63, 3.8) is 0 Å². The van der Waals surface area contributed by atoms with Crippen molar-refractivity contribution in [1.29, 1.82) is 0 Å². The van der Waals surface area contributed by atoms with Crippen molar-refractivity contribution >= 4 is 6.01 Å². The lowest BCUT2D eigenvalue weighted by molar-refractivity contribution is 0.103. The second-order valence-electron chi connectivity index (χ2n) is 6.34. The van der Waals surface area contributed by atoms with E-state index in [1.54, 1.807) is 0 Å². The van der Waals surface area contributed by atoms with Gasteiger partial charge in [0.2, 0.25) is 5.89 Å². The lowest BCUT2D eigenvalue weighted by atomic mass is 9.97. The molecule has 1 fully saturated rings. The van der Waals surface area contributed by atoms with Crippen molar-refractivity contribution in [2.75, 3.05) is 25.1 Å². The normalized spacial score (nSPS) is 19.9. The summed E-state index contributed by atoms with van der Waals surface area (Å²) in [5.41, 5.74) is -0.0935. The molecule has 1 aromatic rings. The number of aromatic nitrogens is 2. The Morgan fingerprint density at radius 1 is 1.32 bits per heavy atom. The Labute approximate surface area is 115 Å². The zero-order valence-electron chi connectivity index (χ0n) is 12.5. The van der Waals surface area contributed by atoms with Gasteiger partial charge in [-0.15, -0.1) is 5.10 Å². The highest BCUT2D eigenvalue weighted by Crippen LogP contribution is 2.23. The highest BCUT2D eigenvalue weighted by atomic mass is 16.5. The molecular weight excluding hydrogens is 242 g/mol. The van der Waals surface area contributed by atoms with Crippen LogP contribution in [0.2, 0.25) is 0 Å². The maximum Gasteiger partial charge on any atom is 0.317 e. The Kier molecular flexibility index (Phi) is 4.45. The molecule has 1 aliphatic heterocycles. The smallest absolute Gasteiger partial charge is 0.317 e. The number of anilines is 1. The van der Waals surface area contributed by atoms with E-state index in [1.165, 1.54) is 12.8 Å². The summed E-state index contributed by atoms with van der Waals surface area (Å²) in [6.07, 6.45) is 5.08. The summed E-state index contributed by atoms with van der Waals surface area (Å²) in [5.74, 6) is 0.688. The molecule has 5 nitrogen and oxygen atoms in total. The first kappa shape index (κ1) is 14.3. The van der Waals surface area contributed by atoms with Crippen molar-refractivity contribution in [2.45, 2.75) is 58.0 Å². The van der Waals surface area contributed by atoms with Gasteiger partial charge in [0, 0.05) is 25.6 Å². The van der Waals surface area contributed by atoms with E-state index in [1.807, 2.05) is 11.9 Å². The summed E-state index contributed by atoms with van der Waals surface area (Å²) < 4.78 is 11.3. The van der Waals surface area contributed by atoms with Crippen LogP contribution in [0.5, 0.6) is 0 Å². The average Bonchev–Trinajstić information content (AvgIpc) is 2.99. The molecule has 0 aromatic carbocycles. The molecule has 0 bridgehead atoms. The lowest BCUT2D eigenvalue weighted by Gasteiger charge is -2.16. The molecule has 0 unspecified atom stereocenters. The Balaban J connectivity index is 1.79. The lowest BCUT2D eigenvalue weighted by Crippen LogP contribution is -2.20. The van der Waals surface area contributed by atoms with Gasteiger partial charge < -0.3 is 14.1 Å². The topological polar surface area (TPSA) is 51.4 Å². The molecular formula is C14H25N3O2. The fourth-order valence-electron chi connectivity index (χ4n) is 2.20. The van der Waals surface area contributed by atoms with E-state index in [0.29, 0.717) is 18.0 Å². The van der Waals surface area contributed by atoms with E-state index in [0.717, 1.165) is 26.0 Å². The van der Waals surface area contributed by atoms with Gasteiger partial charge >= 0.3 is 6.01 Å². The fraction of sp³-hybridized carbons (Fsp3) is 0.857. The second-order valence-corrected chi connectivity index (χ2v) is 6.34. The van der Waals surface area contributed by atoms with Gasteiger partial charge in [-0.05, 0) is 25.7 Å². The first-order valence-electron chi connectivity index (χ1n) is 7.13. The van der Waals surface area contributed by atoms with Gasteiger partial charge in [-0.2, -0.15) is 0 Å². The number of hydrogen-bond acceptors (Lipinski definition) is 5. The minimum absolute atomic E-state index is 0.0935. The molecule has 0 saturated carbocycles. The Morgan fingerprint density at radius 3 is 2.68 bits per heavy atom. The SMILES string of the molecule is CN(CCC[C@H]1CCCO1)c1nnc(C(C)(C)C)o1. The summed E-state index contributed by atoms with van der Waals surface area (Å²) in [6.45, 7) is 8.07. The first-order valence-corrected chi connectivity index (χ1v) is 7.13. The number of ether oxygens (including phenoxy) is 1. The molecule has 1 aromatic heterocycles. The molecule has 1 aliphatic rings. The Bertz CT molecular complexity index is 392. The van der Waals surface area contributed by atoms with Gasteiger partial charge in [0.1, 0.15) is 0 Å². The van der Waals surface area contributed by atoms with Crippen molar-refractivity contribution < 1.29 is 9.15 Å². The minimum atomic E-state index is -0.0935. The third-order valence-electron chi connectivity index (χ3n) is 3.43. The average molecular weight is 267 g/mol. The van der Waals surface area contributed by atoms with Gasteiger partial charge in [0.25, 0.3) is 0 Å². The van der Waals surface area contributed by atoms with Crippen LogP contribution in [0.25, 0.3) is 0 Å². The molecule has 108 valence electrons. The number of nitrogens with zero attached hydrogens (tertiary/aromatic N) is 3. The summed E-state index contributed by atoms with van der Waals surface area (Å²) in [5, 5.41) is 8.22. The first-order chi connectivity index (χ1) is 8.97. The van der Waals surface area contributed by atoms with Gasteiger partial charge in [-0.1, -0.05) is 25.9 Å². The highest BCUT2D eigenvalue weighted by Gasteiger charge is 2.22. The molecule has 0 radical (unpaired) electrons. The van der Waals surface area contributed by atoms with Crippen LogP contribution >= 0.6 is 0 Å². The monoisotopic (exact) mass is 267 g/mol. The van der Waals surface area contributed by atoms with Crippen LogP contribution in [0.1, 0.15) is 52.3 Å². The van der Waals surface area contributed by atoms with Crippen molar-refractivity contribution in [3.05, 3.63) is 5.89 Å². The van der Waals surface area contributed by atoms with Crippen LogP contribution in [0.3, 0.4) is 0 Å². The zero-order chi connectivity index (χ0) is 13.9. The molecule has 2 heterocycles. The van der Waals surface area contributed by atoms with E-state index in [-0.39, 0.29) is 5.41 Å². The molecule has 2 rings (SSSR count). The molecule has 1 saturated heterocycles.